The average molecular weight is 228 g/mol. The van der Waals surface area contributed by atoms with E-state index < -0.39 is 5.91 Å². The Bertz CT molecular complexity index is 612. The van der Waals surface area contributed by atoms with E-state index in [1.165, 1.54) is 6.20 Å². The lowest BCUT2D eigenvalue weighted by Crippen LogP contribution is -2.22. The molecule has 4 heteroatoms. The van der Waals surface area contributed by atoms with Crippen molar-refractivity contribution in [2.24, 2.45) is 5.73 Å². The molecule has 0 spiro atoms. The van der Waals surface area contributed by atoms with Crippen molar-refractivity contribution in [1.82, 2.24) is 4.98 Å². The van der Waals surface area contributed by atoms with Crippen LogP contribution in [-0.2, 0) is 0 Å². The molecule has 1 aromatic carbocycles. The summed E-state index contributed by atoms with van der Waals surface area (Å²) in [6.45, 7) is 1.97. The number of nitrogens with one attached hydrogen (secondary N) is 1. The first kappa shape index (κ1) is 11.1. The Kier molecular flexibility index (Phi) is 2.78. The summed E-state index contributed by atoms with van der Waals surface area (Å²) < 4.78 is 0. The molecule has 0 radical (unpaired) electrons. The number of hydrogen-bond donors (Lipinski definition) is 2. The molecule has 0 saturated heterocycles. The van der Waals surface area contributed by atoms with E-state index in [1.807, 2.05) is 31.2 Å². The molecule has 0 saturated carbocycles. The molecule has 0 bridgehead atoms. The van der Waals surface area contributed by atoms with Crippen molar-refractivity contribution in [1.29, 1.82) is 0 Å². The second-order valence-corrected chi connectivity index (χ2v) is 3.84. The number of carbonyl (C=O) groups excluding carboxylic acids is 1. The van der Waals surface area contributed by atoms with Gasteiger partial charge in [0, 0.05) is 18.0 Å². The highest BCUT2D eigenvalue weighted by Gasteiger charge is 2.10. The van der Waals surface area contributed by atoms with Crippen LogP contribution in [0, 0.1) is 6.92 Å². The second-order valence-electron chi connectivity index (χ2n) is 3.84. The highest BCUT2D eigenvalue weighted by Crippen LogP contribution is 2.15. The largest absolute Gasteiger partial charge is 0.366 e. The third kappa shape index (κ3) is 2.10. The maximum Gasteiger partial charge on any atom is 0.254 e. The highest BCUT2D eigenvalue weighted by molar-refractivity contribution is 5.93. The fourth-order valence-electron chi connectivity index (χ4n) is 1.62. The van der Waals surface area contributed by atoms with Crippen molar-refractivity contribution in [3.05, 3.63) is 58.0 Å². The molecular weight excluding hydrogens is 216 g/mol. The molecule has 2 aromatic rings. The Morgan fingerprint density at radius 3 is 2.41 bits per heavy atom. The summed E-state index contributed by atoms with van der Waals surface area (Å²) in [7, 11) is 0. The summed E-state index contributed by atoms with van der Waals surface area (Å²) in [4.78, 5) is 25.8. The fourth-order valence-corrected chi connectivity index (χ4v) is 1.62. The van der Waals surface area contributed by atoms with Gasteiger partial charge in [-0.25, -0.2) is 0 Å². The van der Waals surface area contributed by atoms with Crippen molar-refractivity contribution in [3.8, 4) is 11.1 Å². The number of aromatic nitrogens is 1. The van der Waals surface area contributed by atoms with Crippen LogP contribution in [0.15, 0.2) is 41.5 Å². The monoisotopic (exact) mass is 228 g/mol. The molecule has 86 valence electrons. The molecule has 3 N–H and O–H groups in total. The topological polar surface area (TPSA) is 76.0 Å². The first-order valence-corrected chi connectivity index (χ1v) is 5.17. The van der Waals surface area contributed by atoms with Gasteiger partial charge >= 0.3 is 0 Å². The maximum atomic E-state index is 12.0. The Balaban J connectivity index is 2.61. The summed E-state index contributed by atoms with van der Waals surface area (Å²) in [6.07, 6.45) is 2.89. The first-order valence-electron chi connectivity index (χ1n) is 5.17. The minimum Gasteiger partial charge on any atom is -0.366 e. The Morgan fingerprint density at radius 1 is 1.18 bits per heavy atom. The molecule has 0 aliphatic heterocycles. The molecule has 1 amide bonds. The van der Waals surface area contributed by atoms with E-state index in [-0.39, 0.29) is 11.0 Å². The van der Waals surface area contributed by atoms with Crippen molar-refractivity contribution < 1.29 is 4.79 Å². The molecule has 4 nitrogen and oxygen atoms in total. The van der Waals surface area contributed by atoms with Gasteiger partial charge in [0.05, 0.1) is 0 Å². The van der Waals surface area contributed by atoms with Crippen molar-refractivity contribution in [2.45, 2.75) is 6.92 Å². The van der Waals surface area contributed by atoms with Gasteiger partial charge in [0.1, 0.15) is 5.56 Å². The standard InChI is InChI=1S/C13H12N2O2/c1-8-2-4-9(5-3-8)10-6-15-7-11(12(10)16)13(14)17/h2-7H,1H3,(H2,14,17)(H,15,16). The maximum absolute atomic E-state index is 12.0. The van der Waals surface area contributed by atoms with E-state index in [0.717, 1.165) is 11.1 Å². The molecule has 0 aliphatic rings. The minimum atomic E-state index is -0.722. The number of nitrogens with two attached hydrogens (primary N) is 1. The smallest absolute Gasteiger partial charge is 0.254 e. The number of amides is 1. The molecule has 1 aromatic heterocycles. The summed E-state index contributed by atoms with van der Waals surface area (Å²) >= 11 is 0. The average Bonchev–Trinajstić information content (AvgIpc) is 2.30. The van der Waals surface area contributed by atoms with Gasteiger partial charge in [0.15, 0.2) is 0 Å². The fraction of sp³-hybridized carbons (Fsp3) is 0.0769. The number of benzene rings is 1. The Hall–Kier alpha value is -2.36. The molecule has 1 heterocycles. The number of rotatable bonds is 2. The van der Waals surface area contributed by atoms with Gasteiger partial charge < -0.3 is 10.7 Å². The van der Waals surface area contributed by atoms with Gasteiger partial charge in [0.25, 0.3) is 5.91 Å². The van der Waals surface area contributed by atoms with Crippen molar-refractivity contribution in [2.75, 3.05) is 0 Å². The predicted octanol–water partition coefficient (Wildman–Crippen LogP) is 1.45. The number of hydrogen-bond acceptors (Lipinski definition) is 2. The van der Waals surface area contributed by atoms with Gasteiger partial charge in [0.2, 0.25) is 5.43 Å². The first-order chi connectivity index (χ1) is 8.09. The van der Waals surface area contributed by atoms with E-state index in [0.29, 0.717) is 5.56 Å². The van der Waals surface area contributed by atoms with Crippen LogP contribution < -0.4 is 11.2 Å². The van der Waals surface area contributed by atoms with Crippen LogP contribution in [0.5, 0.6) is 0 Å². The quantitative estimate of drug-likeness (QED) is 0.816. The van der Waals surface area contributed by atoms with E-state index in [4.69, 9.17) is 5.73 Å². The molecular formula is C13H12N2O2. The van der Waals surface area contributed by atoms with Gasteiger partial charge in [-0.1, -0.05) is 29.8 Å². The van der Waals surface area contributed by atoms with Crippen LogP contribution in [0.3, 0.4) is 0 Å². The number of H-pyrrole nitrogens is 1. The van der Waals surface area contributed by atoms with Crippen LogP contribution in [0.25, 0.3) is 11.1 Å². The van der Waals surface area contributed by atoms with E-state index in [1.54, 1.807) is 6.20 Å². The number of aromatic amines is 1. The third-order valence-electron chi connectivity index (χ3n) is 2.57. The number of pyridine rings is 1. The van der Waals surface area contributed by atoms with E-state index in [9.17, 15) is 9.59 Å². The summed E-state index contributed by atoms with van der Waals surface area (Å²) in [5, 5.41) is 0. The normalized spacial score (nSPS) is 10.2. The lowest BCUT2D eigenvalue weighted by molar-refractivity contribution is 0.0999. The third-order valence-corrected chi connectivity index (χ3v) is 2.57. The van der Waals surface area contributed by atoms with Crippen LogP contribution >= 0.6 is 0 Å². The zero-order chi connectivity index (χ0) is 12.4. The lowest BCUT2D eigenvalue weighted by atomic mass is 10.0. The highest BCUT2D eigenvalue weighted by atomic mass is 16.2. The lowest BCUT2D eigenvalue weighted by Gasteiger charge is -2.03. The number of aryl methyl sites for hydroxylation is 1. The Labute approximate surface area is 98.1 Å². The number of primary amides is 1. The molecule has 0 atom stereocenters. The number of carbonyl (C=O) groups is 1. The van der Waals surface area contributed by atoms with Gasteiger partial charge in [-0.2, -0.15) is 0 Å². The summed E-state index contributed by atoms with van der Waals surface area (Å²) in [5.74, 6) is -0.722. The minimum absolute atomic E-state index is 0.0249. The molecule has 0 fully saturated rings. The molecule has 0 unspecified atom stereocenters. The van der Waals surface area contributed by atoms with Gasteiger partial charge in [-0.3, -0.25) is 9.59 Å². The van der Waals surface area contributed by atoms with E-state index >= 15 is 0 Å². The van der Waals surface area contributed by atoms with Crippen molar-refractivity contribution in [3.63, 3.8) is 0 Å². The second kappa shape index (κ2) is 4.25. The molecule has 0 aliphatic carbocycles. The van der Waals surface area contributed by atoms with Crippen LogP contribution in [0.2, 0.25) is 0 Å². The van der Waals surface area contributed by atoms with Crippen LogP contribution in [0.4, 0.5) is 0 Å². The van der Waals surface area contributed by atoms with Gasteiger partial charge in [-0.15, -0.1) is 0 Å². The summed E-state index contributed by atoms with van der Waals surface area (Å²) in [5.41, 5.74) is 7.07. The molecule has 2 rings (SSSR count). The predicted molar refractivity (Wildman–Crippen MR) is 65.8 cm³/mol. The Morgan fingerprint density at radius 2 is 1.82 bits per heavy atom. The van der Waals surface area contributed by atoms with Crippen LogP contribution in [0.1, 0.15) is 15.9 Å². The zero-order valence-corrected chi connectivity index (χ0v) is 9.36. The van der Waals surface area contributed by atoms with Crippen LogP contribution in [-0.4, -0.2) is 10.9 Å². The summed E-state index contributed by atoms with van der Waals surface area (Å²) in [6, 6.07) is 7.49. The van der Waals surface area contributed by atoms with Crippen molar-refractivity contribution >= 4 is 5.91 Å². The van der Waals surface area contributed by atoms with Gasteiger partial charge in [-0.05, 0) is 12.5 Å². The van der Waals surface area contributed by atoms with E-state index in [2.05, 4.69) is 4.98 Å². The molecule has 17 heavy (non-hydrogen) atoms. The SMILES string of the molecule is Cc1ccc(-c2c[nH]cc(C(N)=O)c2=O)cc1. The zero-order valence-electron chi connectivity index (χ0n) is 9.36.